The zero-order valence-electron chi connectivity index (χ0n) is 19.1. The van der Waals surface area contributed by atoms with Gasteiger partial charge < -0.3 is 4.42 Å². The van der Waals surface area contributed by atoms with E-state index in [0.717, 1.165) is 11.2 Å². The van der Waals surface area contributed by atoms with Gasteiger partial charge in [0.2, 0.25) is 0 Å². The summed E-state index contributed by atoms with van der Waals surface area (Å²) in [5.41, 5.74) is 3.07. The van der Waals surface area contributed by atoms with Crippen molar-refractivity contribution in [2.75, 3.05) is 0 Å². The Hall–Kier alpha value is -3.80. The first kappa shape index (κ1) is 20.8. The lowest BCUT2D eigenvalue weighted by Gasteiger charge is -2.30. The number of para-hydroxylation sites is 1. The molecule has 0 bridgehead atoms. The maximum atomic E-state index is 6.46. The van der Waals surface area contributed by atoms with E-state index in [1.165, 1.54) is 37.2 Å². The van der Waals surface area contributed by atoms with Gasteiger partial charge >= 0.3 is 0 Å². The van der Waals surface area contributed by atoms with Crippen LogP contribution in [0.3, 0.4) is 0 Å². The van der Waals surface area contributed by atoms with E-state index in [4.69, 9.17) is 4.42 Å². The average molecular weight is 457 g/mol. The largest absolute Gasteiger partial charge is 0.456 e. The van der Waals surface area contributed by atoms with Crippen LogP contribution in [0.4, 0.5) is 0 Å². The molecule has 1 heterocycles. The molecule has 0 amide bonds. The highest BCUT2D eigenvalue weighted by Gasteiger charge is 2.28. The quantitative estimate of drug-likeness (QED) is 0.199. The summed E-state index contributed by atoms with van der Waals surface area (Å²) in [5, 5.41) is 6.37. The standard InChI is InChI=1S/C32H25OP/c1-24-21-22-31-29(23-24)32(28-19-11-12-20-30(28)33-31)34(25-13-5-2-6-14-25,26-15-7-3-8-16-26)27-17-9-4-10-18-27/h2-23H,1H3. The number of aryl methyl sites for hydroxylation is 1. The molecule has 1 aromatic heterocycles. The maximum Gasteiger partial charge on any atom is 0.135 e. The minimum Gasteiger partial charge on any atom is -0.456 e. The van der Waals surface area contributed by atoms with Gasteiger partial charge in [-0.1, -0.05) is 121 Å². The molecule has 0 aliphatic heterocycles. The maximum absolute atomic E-state index is 6.46. The smallest absolute Gasteiger partial charge is 0.135 e. The number of hydrogen-bond acceptors (Lipinski definition) is 1. The van der Waals surface area contributed by atoms with Gasteiger partial charge in [0.1, 0.15) is 11.2 Å². The number of rotatable bonds is 3. The highest BCUT2D eigenvalue weighted by atomic mass is 31.2. The van der Waals surface area contributed by atoms with Crippen LogP contribution in [0.25, 0.3) is 21.9 Å². The Morgan fingerprint density at radius 1 is 0.471 bits per heavy atom. The molecule has 0 radical (unpaired) electrons. The molecule has 6 rings (SSSR count). The zero-order chi connectivity index (χ0) is 23.0. The van der Waals surface area contributed by atoms with Gasteiger partial charge in [0, 0.05) is 15.7 Å². The molecule has 0 saturated heterocycles. The Morgan fingerprint density at radius 2 is 0.941 bits per heavy atom. The molecule has 6 aromatic rings. The molecule has 0 fully saturated rings. The van der Waals surface area contributed by atoms with Gasteiger partial charge in [-0.25, -0.2) is 0 Å². The first-order valence-corrected chi connectivity index (χ1v) is 13.4. The lowest BCUT2D eigenvalue weighted by molar-refractivity contribution is 0.660. The Labute approximate surface area is 199 Å². The summed E-state index contributed by atoms with van der Waals surface area (Å²) in [5.74, 6) is 0. The summed E-state index contributed by atoms with van der Waals surface area (Å²) in [6, 6.07) is 48.2. The number of fused-ring (bicyclic) bond motifs is 2. The second kappa shape index (κ2) is 8.52. The van der Waals surface area contributed by atoms with E-state index in [0.29, 0.717) is 0 Å². The predicted molar refractivity (Wildman–Crippen MR) is 147 cm³/mol. The van der Waals surface area contributed by atoms with Crippen LogP contribution in [0.5, 0.6) is 0 Å². The minimum absolute atomic E-state index is 0.918. The SMILES string of the molecule is Cc1ccc2oc3ccccc3c(=P(c3ccccc3)(c3ccccc3)c3ccccc3)c2c1. The van der Waals surface area contributed by atoms with Crippen molar-refractivity contribution in [1.29, 1.82) is 0 Å². The lowest BCUT2D eigenvalue weighted by Crippen LogP contribution is -2.26. The Bertz CT molecular complexity index is 1600. The monoisotopic (exact) mass is 456 g/mol. The van der Waals surface area contributed by atoms with Crippen LogP contribution in [0, 0.1) is 11.9 Å². The molecule has 1 nitrogen and oxygen atoms in total. The van der Waals surface area contributed by atoms with Crippen LogP contribution >= 0.6 is 6.89 Å². The predicted octanol–water partition coefficient (Wildman–Crippen LogP) is 7.42. The molecule has 0 aliphatic carbocycles. The van der Waals surface area contributed by atoms with Crippen LogP contribution in [0.2, 0.25) is 0 Å². The van der Waals surface area contributed by atoms with Crippen LogP contribution in [0.15, 0.2) is 138 Å². The van der Waals surface area contributed by atoms with Gasteiger partial charge in [0.05, 0.1) is 0 Å². The van der Waals surface area contributed by atoms with Crippen molar-refractivity contribution in [3.63, 3.8) is 0 Å². The zero-order valence-corrected chi connectivity index (χ0v) is 20.0. The minimum atomic E-state index is -2.28. The molecule has 2 heteroatoms. The molecule has 0 atom stereocenters. The van der Waals surface area contributed by atoms with Gasteiger partial charge in [0.25, 0.3) is 0 Å². The Kier molecular flexibility index (Phi) is 5.21. The average Bonchev–Trinajstić information content (AvgIpc) is 2.91. The molecular weight excluding hydrogens is 431 g/mol. The molecule has 0 N–H and O–H groups in total. The molecule has 34 heavy (non-hydrogen) atoms. The summed E-state index contributed by atoms with van der Waals surface area (Å²) in [6.45, 7) is -0.118. The first-order valence-electron chi connectivity index (χ1n) is 11.6. The van der Waals surface area contributed by atoms with Crippen molar-refractivity contribution in [1.82, 2.24) is 0 Å². The lowest BCUT2D eigenvalue weighted by atomic mass is 10.1. The fourth-order valence-electron chi connectivity index (χ4n) is 5.08. The molecule has 5 aromatic carbocycles. The summed E-state index contributed by atoms with van der Waals surface area (Å²) < 4.78 is 6.46. The van der Waals surface area contributed by atoms with Crippen molar-refractivity contribution in [3.05, 3.63) is 144 Å². The van der Waals surface area contributed by atoms with Gasteiger partial charge in [-0.2, -0.15) is 0 Å². The third-order valence-corrected chi connectivity index (χ3v) is 10.9. The molecule has 164 valence electrons. The van der Waals surface area contributed by atoms with Gasteiger partial charge in [-0.05, 0) is 47.9 Å². The van der Waals surface area contributed by atoms with Crippen LogP contribution in [-0.4, -0.2) is 0 Å². The van der Waals surface area contributed by atoms with E-state index in [2.05, 4.69) is 140 Å². The third-order valence-electron chi connectivity index (χ3n) is 6.52. The van der Waals surface area contributed by atoms with Crippen molar-refractivity contribution in [2.24, 2.45) is 0 Å². The van der Waals surface area contributed by atoms with E-state index >= 15 is 0 Å². The molecule has 0 aliphatic rings. The van der Waals surface area contributed by atoms with E-state index < -0.39 is 6.89 Å². The van der Waals surface area contributed by atoms with E-state index in [1.54, 1.807) is 0 Å². The van der Waals surface area contributed by atoms with E-state index in [1.807, 2.05) is 0 Å². The summed E-state index contributed by atoms with van der Waals surface area (Å²) in [6.07, 6.45) is 0. The van der Waals surface area contributed by atoms with E-state index in [9.17, 15) is 0 Å². The highest BCUT2D eigenvalue weighted by Crippen LogP contribution is 2.51. The summed E-state index contributed by atoms with van der Waals surface area (Å²) in [7, 11) is 0. The van der Waals surface area contributed by atoms with Crippen LogP contribution < -0.4 is 15.9 Å². The normalized spacial score (nSPS) is 11.7. The van der Waals surface area contributed by atoms with Crippen molar-refractivity contribution >= 4 is 44.7 Å². The number of hydrogen-bond donors (Lipinski definition) is 0. The van der Waals surface area contributed by atoms with E-state index in [-0.39, 0.29) is 0 Å². The molecule has 0 saturated carbocycles. The van der Waals surface area contributed by atoms with Gasteiger partial charge in [-0.15, -0.1) is 0 Å². The summed E-state index contributed by atoms with van der Waals surface area (Å²) >= 11 is 0. The van der Waals surface area contributed by atoms with Crippen LogP contribution in [0.1, 0.15) is 5.56 Å². The van der Waals surface area contributed by atoms with Gasteiger partial charge in [0.15, 0.2) is 0 Å². The fourth-order valence-corrected chi connectivity index (χ4v) is 9.69. The number of benzene rings is 5. The second-order valence-corrected chi connectivity index (χ2v) is 12.0. The van der Waals surface area contributed by atoms with Crippen molar-refractivity contribution in [2.45, 2.75) is 6.92 Å². The summed E-state index contributed by atoms with van der Waals surface area (Å²) in [4.78, 5) is 1.36. The fraction of sp³-hybridized carbons (Fsp3) is 0.0312. The molecule has 0 spiro atoms. The molecular formula is C32H25OP. The van der Waals surface area contributed by atoms with Crippen molar-refractivity contribution in [3.8, 4) is 0 Å². The molecule has 0 unspecified atom stereocenters. The Morgan fingerprint density at radius 3 is 1.50 bits per heavy atom. The van der Waals surface area contributed by atoms with Gasteiger partial charge in [-0.3, -0.25) is 0 Å². The second-order valence-electron chi connectivity index (χ2n) is 8.62. The Balaban J connectivity index is 2.08. The highest BCUT2D eigenvalue weighted by molar-refractivity contribution is 7.89. The third kappa shape index (κ3) is 3.24. The van der Waals surface area contributed by atoms with Crippen molar-refractivity contribution < 1.29 is 4.42 Å². The van der Waals surface area contributed by atoms with Crippen LogP contribution in [-0.2, 0) is 0 Å². The topological polar surface area (TPSA) is 13.1 Å². The first-order chi connectivity index (χ1) is 16.8.